The fourth-order valence-electron chi connectivity index (χ4n) is 4.21. The Kier molecular flexibility index (Phi) is 4.44. The second kappa shape index (κ2) is 7.01. The van der Waals surface area contributed by atoms with Gasteiger partial charge in [-0.3, -0.25) is 19.3 Å². The fraction of sp³-hybridized carbons (Fsp3) is 0.125. The molecule has 2 aliphatic rings. The van der Waals surface area contributed by atoms with Crippen molar-refractivity contribution in [3.8, 4) is 0 Å². The summed E-state index contributed by atoms with van der Waals surface area (Å²) in [5.41, 5.74) is -0.00516. The number of aliphatic hydroxyl groups excluding tert-OH is 1. The maximum Gasteiger partial charge on any atom is 0.416 e. The van der Waals surface area contributed by atoms with E-state index in [0.29, 0.717) is 10.6 Å². The van der Waals surface area contributed by atoms with Gasteiger partial charge in [0.1, 0.15) is 0 Å². The molecule has 3 amide bonds. The van der Waals surface area contributed by atoms with Crippen molar-refractivity contribution in [3.05, 3.63) is 94.0 Å². The van der Waals surface area contributed by atoms with Crippen molar-refractivity contribution < 1.29 is 32.7 Å². The Morgan fingerprint density at radius 3 is 2.15 bits per heavy atom. The van der Waals surface area contributed by atoms with Gasteiger partial charge in [-0.15, -0.1) is 0 Å². The minimum atomic E-state index is -4.65. The van der Waals surface area contributed by atoms with Crippen LogP contribution in [0.1, 0.15) is 54.0 Å². The van der Waals surface area contributed by atoms with Crippen LogP contribution in [0.15, 0.2) is 60.7 Å². The van der Waals surface area contributed by atoms with Gasteiger partial charge >= 0.3 is 6.18 Å². The first-order chi connectivity index (χ1) is 15.6. The van der Waals surface area contributed by atoms with Crippen molar-refractivity contribution in [2.75, 3.05) is 9.80 Å². The van der Waals surface area contributed by atoms with E-state index in [1.807, 2.05) is 0 Å². The van der Waals surface area contributed by atoms with E-state index in [4.69, 9.17) is 0 Å². The lowest BCUT2D eigenvalue weighted by molar-refractivity contribution is -0.137. The van der Waals surface area contributed by atoms with Crippen molar-refractivity contribution in [1.29, 1.82) is 0 Å². The number of carbonyl (C=O) groups is 3. The van der Waals surface area contributed by atoms with E-state index in [1.54, 1.807) is 31.2 Å². The number of nitrogens with zero attached hydrogens (tertiary/aromatic N) is 2. The first-order valence-electron chi connectivity index (χ1n) is 9.91. The number of para-hydroxylation sites is 1. The highest BCUT2D eigenvalue weighted by Gasteiger charge is 2.44. The van der Waals surface area contributed by atoms with Crippen LogP contribution in [0.25, 0.3) is 0 Å². The highest BCUT2D eigenvalue weighted by Crippen LogP contribution is 2.41. The summed E-state index contributed by atoms with van der Waals surface area (Å²) >= 11 is 0. The van der Waals surface area contributed by atoms with E-state index in [-0.39, 0.29) is 27.9 Å². The highest BCUT2D eigenvalue weighted by atomic mass is 19.4. The molecular formula is C24H15F3N2O4. The van der Waals surface area contributed by atoms with Crippen LogP contribution in [0.3, 0.4) is 0 Å². The van der Waals surface area contributed by atoms with Crippen molar-refractivity contribution >= 4 is 29.1 Å². The number of anilines is 2. The number of hydrogen-bond donors (Lipinski definition) is 1. The summed E-state index contributed by atoms with van der Waals surface area (Å²) in [7, 11) is 0. The normalized spacial score (nSPS) is 17.6. The third kappa shape index (κ3) is 3.04. The summed E-state index contributed by atoms with van der Waals surface area (Å²) in [4.78, 5) is 40.9. The molecule has 9 heteroatoms. The van der Waals surface area contributed by atoms with Crippen LogP contribution in [0.2, 0.25) is 0 Å². The van der Waals surface area contributed by atoms with E-state index in [1.165, 1.54) is 23.1 Å². The summed E-state index contributed by atoms with van der Waals surface area (Å²) in [6, 6.07) is 13.3. The number of amides is 3. The number of fused-ring (bicyclic) bond motifs is 2. The molecule has 0 aliphatic carbocycles. The van der Waals surface area contributed by atoms with E-state index < -0.39 is 35.7 Å². The van der Waals surface area contributed by atoms with Gasteiger partial charge in [0.25, 0.3) is 17.7 Å². The molecule has 1 atom stereocenters. The molecular weight excluding hydrogens is 437 g/mol. The Morgan fingerprint density at radius 2 is 1.48 bits per heavy atom. The molecule has 0 spiro atoms. The fourth-order valence-corrected chi connectivity index (χ4v) is 4.21. The van der Waals surface area contributed by atoms with Crippen molar-refractivity contribution in [1.82, 2.24) is 0 Å². The Bertz CT molecular complexity index is 1370. The number of aryl methyl sites for hydroxylation is 1. The Balaban J connectivity index is 1.56. The van der Waals surface area contributed by atoms with Crippen molar-refractivity contribution in [2.45, 2.75) is 19.3 Å². The zero-order valence-electron chi connectivity index (χ0n) is 17.1. The summed E-state index contributed by atoms with van der Waals surface area (Å²) in [5, 5.41) is 10.9. The molecule has 5 rings (SSSR count). The molecule has 166 valence electrons. The van der Waals surface area contributed by atoms with Gasteiger partial charge < -0.3 is 5.11 Å². The Labute approximate surface area is 185 Å². The summed E-state index contributed by atoms with van der Waals surface area (Å²) in [6.45, 7) is 1.78. The van der Waals surface area contributed by atoms with Gasteiger partial charge in [0.2, 0.25) is 0 Å². The van der Waals surface area contributed by atoms with Gasteiger partial charge in [0.05, 0.1) is 22.4 Å². The van der Waals surface area contributed by atoms with Crippen LogP contribution in [0.4, 0.5) is 24.5 Å². The molecule has 0 fully saturated rings. The molecule has 3 aromatic carbocycles. The topological polar surface area (TPSA) is 77.9 Å². The predicted octanol–water partition coefficient (Wildman–Crippen LogP) is 4.47. The molecule has 0 saturated carbocycles. The quantitative estimate of drug-likeness (QED) is 0.583. The Morgan fingerprint density at radius 1 is 0.818 bits per heavy atom. The zero-order valence-corrected chi connectivity index (χ0v) is 17.1. The maximum absolute atomic E-state index is 13.1. The number of hydrogen-bond acceptors (Lipinski definition) is 4. The van der Waals surface area contributed by atoms with Crippen LogP contribution < -0.4 is 9.80 Å². The van der Waals surface area contributed by atoms with Crippen LogP contribution in [0, 0.1) is 6.92 Å². The van der Waals surface area contributed by atoms with E-state index in [0.717, 1.165) is 23.8 Å². The minimum absolute atomic E-state index is 0.0524. The van der Waals surface area contributed by atoms with Gasteiger partial charge in [-0.25, -0.2) is 4.90 Å². The second-order valence-corrected chi connectivity index (χ2v) is 7.81. The molecule has 3 aromatic rings. The third-order valence-corrected chi connectivity index (χ3v) is 5.84. The summed E-state index contributed by atoms with van der Waals surface area (Å²) in [5.74, 6) is -2.22. The van der Waals surface area contributed by atoms with Crippen molar-refractivity contribution in [3.63, 3.8) is 0 Å². The molecule has 2 heterocycles. The zero-order chi connectivity index (χ0) is 23.7. The molecule has 0 aromatic heterocycles. The van der Waals surface area contributed by atoms with Gasteiger partial charge in [0.15, 0.2) is 6.23 Å². The third-order valence-electron chi connectivity index (χ3n) is 5.84. The number of imide groups is 1. The lowest BCUT2D eigenvalue weighted by atomic mass is 10.0. The largest absolute Gasteiger partial charge is 0.416 e. The Hall–Kier alpha value is -3.98. The molecule has 1 unspecified atom stereocenters. The first-order valence-corrected chi connectivity index (χ1v) is 9.91. The number of halogens is 3. The van der Waals surface area contributed by atoms with Crippen molar-refractivity contribution in [2.24, 2.45) is 0 Å². The van der Waals surface area contributed by atoms with Crippen LogP contribution >= 0.6 is 0 Å². The standard InChI is InChI=1S/C24H15F3N2O4/c1-12-5-2-3-8-19(12)29-22(32)17-10-15-16(11-18(17)23(29)33)21(31)28(20(15)30)14-7-4-6-13(9-14)24(25,26)27/h2-11,22,32H,1H3. The lowest BCUT2D eigenvalue weighted by Gasteiger charge is -2.22. The van der Waals surface area contributed by atoms with E-state index in [2.05, 4.69) is 0 Å². The molecule has 2 aliphatic heterocycles. The smallest absolute Gasteiger partial charge is 0.369 e. The molecule has 0 radical (unpaired) electrons. The number of benzene rings is 3. The van der Waals surface area contributed by atoms with E-state index >= 15 is 0 Å². The lowest BCUT2D eigenvalue weighted by Crippen LogP contribution is -2.30. The first kappa shape index (κ1) is 20.9. The van der Waals surface area contributed by atoms with Gasteiger partial charge in [-0.05, 0) is 48.9 Å². The molecule has 6 nitrogen and oxygen atoms in total. The second-order valence-electron chi connectivity index (χ2n) is 7.81. The molecule has 0 saturated heterocycles. The predicted molar refractivity (Wildman–Crippen MR) is 112 cm³/mol. The summed E-state index contributed by atoms with van der Waals surface area (Å²) in [6.07, 6.45) is -6.03. The molecule has 1 N–H and O–H groups in total. The molecule has 33 heavy (non-hydrogen) atoms. The number of aliphatic hydroxyl groups is 1. The van der Waals surface area contributed by atoms with Crippen LogP contribution in [0.5, 0.6) is 0 Å². The monoisotopic (exact) mass is 452 g/mol. The average Bonchev–Trinajstić information content (AvgIpc) is 3.17. The number of rotatable bonds is 2. The summed E-state index contributed by atoms with van der Waals surface area (Å²) < 4.78 is 39.3. The van der Waals surface area contributed by atoms with Crippen LogP contribution in [-0.4, -0.2) is 22.8 Å². The number of carbonyl (C=O) groups excluding carboxylic acids is 3. The highest BCUT2D eigenvalue weighted by molar-refractivity contribution is 6.35. The minimum Gasteiger partial charge on any atom is -0.369 e. The van der Waals surface area contributed by atoms with Gasteiger partial charge in [-0.1, -0.05) is 24.3 Å². The average molecular weight is 452 g/mol. The SMILES string of the molecule is Cc1ccccc1N1C(=O)c2cc3c(cc2C1O)C(=O)N(c1cccc(C(F)(F)F)c1)C3=O. The van der Waals surface area contributed by atoms with E-state index in [9.17, 15) is 32.7 Å². The molecule has 0 bridgehead atoms. The van der Waals surface area contributed by atoms with Gasteiger partial charge in [0, 0.05) is 16.8 Å². The maximum atomic E-state index is 13.1. The van der Waals surface area contributed by atoms with Gasteiger partial charge in [-0.2, -0.15) is 13.2 Å². The number of alkyl halides is 3. The van der Waals surface area contributed by atoms with Crippen LogP contribution in [-0.2, 0) is 6.18 Å².